The maximum absolute atomic E-state index is 12.7. The van der Waals surface area contributed by atoms with Crippen LogP contribution in [0.25, 0.3) is 0 Å². The number of nitrogens with zero attached hydrogens (tertiary/aromatic N) is 4. The van der Waals surface area contributed by atoms with Gasteiger partial charge in [-0.15, -0.1) is 4.99 Å². The predicted octanol–water partition coefficient (Wildman–Crippen LogP) is 3.84. The topological polar surface area (TPSA) is 86.0 Å². The molecule has 1 aromatic heterocycles. The number of hydrogen-bond acceptors (Lipinski definition) is 5. The van der Waals surface area contributed by atoms with Crippen molar-refractivity contribution in [1.29, 1.82) is 0 Å². The predicted molar refractivity (Wildman–Crippen MR) is 99.0 cm³/mol. The van der Waals surface area contributed by atoms with E-state index in [4.69, 9.17) is 9.47 Å². The van der Waals surface area contributed by atoms with Crippen LogP contribution in [0.1, 0.15) is 48.5 Å². The Hall–Kier alpha value is -2.64. The Morgan fingerprint density at radius 2 is 1.77 bits per heavy atom. The zero-order valence-corrected chi connectivity index (χ0v) is 16.5. The molecule has 0 bridgehead atoms. The van der Waals surface area contributed by atoms with Gasteiger partial charge in [-0.1, -0.05) is 12.2 Å². The van der Waals surface area contributed by atoms with E-state index in [9.17, 15) is 9.59 Å². The van der Waals surface area contributed by atoms with Gasteiger partial charge in [0.2, 0.25) is 5.96 Å². The highest BCUT2D eigenvalue weighted by molar-refractivity contribution is 5.99. The molecule has 8 nitrogen and oxygen atoms in total. The van der Waals surface area contributed by atoms with Gasteiger partial charge < -0.3 is 9.47 Å². The van der Waals surface area contributed by atoms with Gasteiger partial charge in [0.25, 0.3) is 0 Å². The van der Waals surface area contributed by atoms with E-state index in [0.717, 1.165) is 0 Å². The van der Waals surface area contributed by atoms with Crippen LogP contribution in [-0.2, 0) is 9.47 Å². The van der Waals surface area contributed by atoms with Crippen molar-refractivity contribution in [2.75, 3.05) is 6.54 Å². The van der Waals surface area contributed by atoms with Crippen molar-refractivity contribution in [3.8, 4) is 0 Å². The van der Waals surface area contributed by atoms with E-state index in [0.29, 0.717) is 0 Å². The molecule has 144 valence electrons. The Morgan fingerprint density at radius 1 is 1.15 bits per heavy atom. The number of hydrogen-bond donors (Lipinski definition) is 0. The molecule has 0 aromatic carbocycles. The number of amides is 2. The number of allylic oxidation sites excluding steroid dienone is 1. The minimum atomic E-state index is -0.822. The van der Waals surface area contributed by atoms with Crippen LogP contribution in [0.5, 0.6) is 0 Å². The van der Waals surface area contributed by atoms with Crippen molar-refractivity contribution in [2.24, 2.45) is 4.99 Å². The highest BCUT2D eigenvalue weighted by Gasteiger charge is 2.28. The van der Waals surface area contributed by atoms with Crippen molar-refractivity contribution in [3.63, 3.8) is 0 Å². The molecule has 0 spiro atoms. The first-order valence-corrected chi connectivity index (χ1v) is 8.36. The van der Waals surface area contributed by atoms with Gasteiger partial charge in [-0.2, -0.15) is 5.10 Å². The Bertz CT molecular complexity index is 664. The maximum atomic E-state index is 12.7. The molecule has 0 saturated carbocycles. The maximum Gasteiger partial charge on any atom is 0.437 e. The van der Waals surface area contributed by atoms with Crippen LogP contribution >= 0.6 is 0 Å². The van der Waals surface area contributed by atoms with Gasteiger partial charge in [0, 0.05) is 12.4 Å². The third kappa shape index (κ3) is 7.50. The van der Waals surface area contributed by atoms with Crippen LogP contribution < -0.4 is 0 Å². The molecule has 0 radical (unpaired) electrons. The molecule has 1 aromatic rings. The van der Waals surface area contributed by atoms with Gasteiger partial charge in [0.15, 0.2) is 0 Å². The molecule has 0 fully saturated rings. The molecule has 26 heavy (non-hydrogen) atoms. The summed E-state index contributed by atoms with van der Waals surface area (Å²) < 4.78 is 12.0. The Balaban J connectivity index is 3.29. The normalized spacial score (nSPS) is 13.0. The van der Waals surface area contributed by atoms with Crippen LogP contribution in [0.4, 0.5) is 9.59 Å². The molecular formula is C18H28N4O4. The lowest BCUT2D eigenvalue weighted by atomic mass is 10.2. The van der Waals surface area contributed by atoms with Gasteiger partial charge in [-0.05, 0) is 54.5 Å². The highest BCUT2D eigenvalue weighted by atomic mass is 16.6. The molecule has 1 rings (SSSR count). The molecule has 1 heterocycles. The smallest absolute Gasteiger partial charge is 0.437 e. The van der Waals surface area contributed by atoms with Gasteiger partial charge >= 0.3 is 12.2 Å². The van der Waals surface area contributed by atoms with E-state index >= 15 is 0 Å². The number of aliphatic imine (C=N–C) groups is 1. The van der Waals surface area contributed by atoms with Crippen molar-refractivity contribution < 1.29 is 19.1 Å². The molecule has 0 atom stereocenters. The zero-order chi connectivity index (χ0) is 20.0. The van der Waals surface area contributed by atoms with Crippen LogP contribution in [0.3, 0.4) is 0 Å². The zero-order valence-electron chi connectivity index (χ0n) is 16.5. The van der Waals surface area contributed by atoms with Crippen LogP contribution in [0.15, 0.2) is 35.6 Å². The summed E-state index contributed by atoms with van der Waals surface area (Å²) >= 11 is 0. The van der Waals surface area contributed by atoms with Crippen LogP contribution in [-0.4, -0.2) is 50.6 Å². The van der Waals surface area contributed by atoms with Gasteiger partial charge in [0.1, 0.15) is 11.2 Å². The number of ether oxygens (including phenoxy) is 2. The summed E-state index contributed by atoms with van der Waals surface area (Å²) in [6.07, 6.45) is 5.17. The Morgan fingerprint density at radius 3 is 2.23 bits per heavy atom. The minimum Gasteiger partial charge on any atom is -0.443 e. The number of rotatable bonds is 2. The summed E-state index contributed by atoms with van der Waals surface area (Å²) in [7, 11) is 0. The van der Waals surface area contributed by atoms with E-state index in [2.05, 4.69) is 10.1 Å². The molecular weight excluding hydrogens is 336 g/mol. The molecule has 0 aliphatic carbocycles. The van der Waals surface area contributed by atoms with Gasteiger partial charge in [-0.25, -0.2) is 19.2 Å². The number of aromatic nitrogens is 2. The number of carbonyl (C=O) groups is 2. The van der Waals surface area contributed by atoms with E-state index in [1.807, 2.05) is 6.92 Å². The van der Waals surface area contributed by atoms with Crippen LogP contribution in [0, 0.1) is 0 Å². The average Bonchev–Trinajstić information content (AvgIpc) is 2.96. The molecule has 0 N–H and O–H groups in total. The average molecular weight is 364 g/mol. The fourth-order valence-electron chi connectivity index (χ4n) is 1.75. The molecule has 8 heteroatoms. The van der Waals surface area contributed by atoms with Crippen molar-refractivity contribution in [1.82, 2.24) is 14.7 Å². The second-order valence-electron chi connectivity index (χ2n) is 7.50. The second-order valence-corrected chi connectivity index (χ2v) is 7.50. The Kier molecular flexibility index (Phi) is 7.11. The fourth-order valence-corrected chi connectivity index (χ4v) is 1.75. The lowest BCUT2D eigenvalue weighted by Crippen LogP contribution is -2.44. The molecule has 2 amide bonds. The second kappa shape index (κ2) is 8.64. The lowest BCUT2D eigenvalue weighted by molar-refractivity contribution is 0.0377. The molecule has 0 unspecified atom stereocenters. The molecule has 0 aliphatic rings. The van der Waals surface area contributed by atoms with Crippen molar-refractivity contribution in [3.05, 3.63) is 30.6 Å². The minimum absolute atomic E-state index is 0.00315. The molecule has 0 aliphatic heterocycles. The third-order valence-electron chi connectivity index (χ3n) is 2.67. The number of carbonyl (C=O) groups excluding carboxylic acids is 2. The van der Waals surface area contributed by atoms with Gasteiger partial charge in [-0.3, -0.25) is 0 Å². The Labute approximate surface area is 154 Å². The quantitative estimate of drug-likeness (QED) is 0.452. The lowest BCUT2D eigenvalue weighted by Gasteiger charge is -2.27. The first kappa shape index (κ1) is 21.4. The van der Waals surface area contributed by atoms with Crippen LogP contribution in [0.2, 0.25) is 0 Å². The van der Waals surface area contributed by atoms with Crippen molar-refractivity contribution in [2.45, 2.75) is 59.7 Å². The summed E-state index contributed by atoms with van der Waals surface area (Å²) in [5, 5.41) is 4.08. The van der Waals surface area contributed by atoms with E-state index in [-0.39, 0.29) is 12.5 Å². The molecule has 0 saturated heterocycles. The van der Waals surface area contributed by atoms with E-state index < -0.39 is 23.4 Å². The summed E-state index contributed by atoms with van der Waals surface area (Å²) in [6, 6.07) is 1.66. The fraction of sp³-hybridized carbons (Fsp3) is 0.556. The monoisotopic (exact) mass is 364 g/mol. The van der Waals surface area contributed by atoms with Crippen molar-refractivity contribution >= 4 is 18.1 Å². The highest BCUT2D eigenvalue weighted by Crippen LogP contribution is 2.13. The SMILES string of the molecule is CC=CCN(C(=O)OC(C)(C)C)/C(=N\C(=O)OC(C)(C)C)n1cccn1. The van der Waals surface area contributed by atoms with Gasteiger partial charge in [0.05, 0.1) is 6.54 Å². The first-order valence-electron chi connectivity index (χ1n) is 8.36. The summed E-state index contributed by atoms with van der Waals surface area (Å²) in [4.78, 5) is 30.0. The first-order chi connectivity index (χ1) is 11.9. The van der Waals surface area contributed by atoms with E-state index in [1.165, 1.54) is 15.8 Å². The third-order valence-corrected chi connectivity index (χ3v) is 2.67. The summed E-state index contributed by atoms with van der Waals surface area (Å²) in [6.45, 7) is 12.5. The summed E-state index contributed by atoms with van der Waals surface area (Å²) in [5.41, 5.74) is -1.41. The largest absolute Gasteiger partial charge is 0.443 e. The van der Waals surface area contributed by atoms with E-state index in [1.54, 1.807) is 66.0 Å². The standard InChI is InChI=1S/C18H28N4O4/c1-8-9-12-21(16(24)26-18(5,6)7)14(22-13-10-11-19-22)20-15(23)25-17(2,3)4/h8-11,13H,12H2,1-7H3/b9-8?,20-14+. The summed E-state index contributed by atoms with van der Waals surface area (Å²) in [5.74, 6) is -0.00315.